The molecule has 2 aliphatic rings. The summed E-state index contributed by atoms with van der Waals surface area (Å²) in [6.07, 6.45) is 5.12. The van der Waals surface area contributed by atoms with Crippen LogP contribution in [0.1, 0.15) is 35.1 Å². The Kier molecular flexibility index (Phi) is 7.94. The highest BCUT2D eigenvalue weighted by molar-refractivity contribution is 6.32. The van der Waals surface area contributed by atoms with Gasteiger partial charge in [-0.1, -0.05) is 53.5 Å². The van der Waals surface area contributed by atoms with E-state index < -0.39 is 0 Å². The van der Waals surface area contributed by atoms with Gasteiger partial charge in [0.15, 0.2) is 0 Å². The molecule has 1 saturated heterocycles. The van der Waals surface area contributed by atoms with Crippen LogP contribution in [0, 0.1) is 0 Å². The van der Waals surface area contributed by atoms with Crippen LogP contribution in [0.25, 0.3) is 0 Å². The molecule has 0 bridgehead atoms. The van der Waals surface area contributed by atoms with Crippen molar-refractivity contribution >= 4 is 40.4 Å². The van der Waals surface area contributed by atoms with Crippen LogP contribution >= 0.6 is 23.2 Å². The first-order chi connectivity index (χ1) is 19.6. The molecular weight excluding hydrogens is 539 g/mol. The van der Waals surface area contributed by atoms with Crippen LogP contribution in [-0.4, -0.2) is 43.5 Å². The summed E-state index contributed by atoms with van der Waals surface area (Å²) in [5.41, 5.74) is 6.29. The fourth-order valence-electron chi connectivity index (χ4n) is 5.64. The minimum Gasteiger partial charge on any atom is -0.497 e. The first-order valence-corrected chi connectivity index (χ1v) is 14.5. The van der Waals surface area contributed by atoms with Gasteiger partial charge in [-0.25, -0.2) is 4.98 Å². The van der Waals surface area contributed by atoms with E-state index in [2.05, 4.69) is 46.2 Å². The predicted molar refractivity (Wildman–Crippen MR) is 166 cm³/mol. The number of fused-ring (bicyclic) bond motifs is 1. The van der Waals surface area contributed by atoms with E-state index >= 15 is 0 Å². The first kappa shape index (κ1) is 26.7. The molecule has 0 spiro atoms. The van der Waals surface area contributed by atoms with Gasteiger partial charge in [-0.05, 0) is 78.9 Å². The predicted octanol–water partition coefficient (Wildman–Crippen LogP) is 7.47. The number of halogens is 2. The Bertz CT molecular complexity index is 1500. The van der Waals surface area contributed by atoms with Crippen molar-refractivity contribution in [1.82, 2.24) is 4.98 Å². The third-order valence-corrected chi connectivity index (χ3v) is 8.30. The molecule has 1 aromatic heterocycles. The highest BCUT2D eigenvalue weighted by atomic mass is 35.5. The second-order valence-corrected chi connectivity index (χ2v) is 11.3. The van der Waals surface area contributed by atoms with E-state index in [-0.39, 0.29) is 6.04 Å². The van der Waals surface area contributed by atoms with Crippen LogP contribution in [0.4, 0.5) is 11.5 Å². The molecule has 4 aromatic rings. The maximum absolute atomic E-state index is 6.62. The molecule has 1 unspecified atom stereocenters. The number of rotatable bonds is 7. The summed E-state index contributed by atoms with van der Waals surface area (Å²) in [4.78, 5) is 15.0. The molecule has 6 rings (SSSR count). The van der Waals surface area contributed by atoms with Crippen LogP contribution in [0.2, 0.25) is 10.0 Å². The molecule has 204 valence electrons. The van der Waals surface area contributed by atoms with E-state index in [1.54, 1.807) is 7.11 Å². The Morgan fingerprint density at radius 1 is 0.925 bits per heavy atom. The molecule has 1 fully saturated rings. The third-order valence-electron chi connectivity index (χ3n) is 7.69. The molecule has 0 aliphatic carbocycles. The standard InChI is InChI=1S/C33H32Cl2N4O/c1-40-28-12-8-23(9-13-28)21-39-22-27(18-24-6-2-3-7-30(24)35)37-33(29-19-26(34)11-14-31(29)39)25-10-15-32(36-20-25)38-16-4-5-17-38/h2-3,6-15,19-20,27H,4-5,16-18,21-22H2,1H3. The molecule has 1 atom stereocenters. The van der Waals surface area contributed by atoms with Crippen molar-refractivity contribution < 1.29 is 4.74 Å². The molecule has 2 aliphatic heterocycles. The normalized spacial score (nSPS) is 16.9. The summed E-state index contributed by atoms with van der Waals surface area (Å²) in [5.74, 6) is 1.87. The summed E-state index contributed by atoms with van der Waals surface area (Å²) in [7, 11) is 1.69. The second kappa shape index (κ2) is 11.9. The minimum absolute atomic E-state index is 0.0300. The maximum Gasteiger partial charge on any atom is 0.128 e. The molecule has 0 amide bonds. The average molecular weight is 572 g/mol. The Labute approximate surface area is 246 Å². The average Bonchev–Trinajstić information content (AvgIpc) is 3.48. The zero-order chi connectivity index (χ0) is 27.5. The lowest BCUT2D eigenvalue weighted by molar-refractivity contribution is 0.414. The van der Waals surface area contributed by atoms with Gasteiger partial charge >= 0.3 is 0 Å². The van der Waals surface area contributed by atoms with Gasteiger partial charge in [0.05, 0.1) is 18.9 Å². The number of aromatic nitrogens is 1. The summed E-state index contributed by atoms with van der Waals surface area (Å²) >= 11 is 13.2. The van der Waals surface area contributed by atoms with Gasteiger partial charge in [0.1, 0.15) is 11.6 Å². The highest BCUT2D eigenvalue weighted by Gasteiger charge is 2.26. The number of hydrogen-bond donors (Lipinski definition) is 0. The van der Waals surface area contributed by atoms with E-state index in [0.29, 0.717) is 5.02 Å². The topological polar surface area (TPSA) is 41.0 Å². The third kappa shape index (κ3) is 5.81. The number of benzene rings is 3. The molecule has 0 radical (unpaired) electrons. The van der Waals surface area contributed by atoms with Crippen LogP contribution in [0.5, 0.6) is 5.75 Å². The van der Waals surface area contributed by atoms with Crippen molar-refractivity contribution in [3.05, 3.63) is 117 Å². The molecule has 40 heavy (non-hydrogen) atoms. The van der Waals surface area contributed by atoms with Gasteiger partial charge in [0, 0.05) is 59.2 Å². The molecule has 3 heterocycles. The quantitative estimate of drug-likeness (QED) is 0.231. The van der Waals surface area contributed by atoms with Gasteiger partial charge in [0.2, 0.25) is 0 Å². The van der Waals surface area contributed by atoms with Gasteiger partial charge < -0.3 is 14.5 Å². The minimum atomic E-state index is -0.0300. The monoisotopic (exact) mass is 570 g/mol. The highest BCUT2D eigenvalue weighted by Crippen LogP contribution is 2.33. The number of hydrogen-bond acceptors (Lipinski definition) is 5. The molecule has 7 heteroatoms. The van der Waals surface area contributed by atoms with E-state index in [0.717, 1.165) is 77.3 Å². The van der Waals surface area contributed by atoms with Crippen molar-refractivity contribution in [3.8, 4) is 5.75 Å². The zero-order valence-electron chi connectivity index (χ0n) is 22.6. The van der Waals surface area contributed by atoms with Gasteiger partial charge in [-0.15, -0.1) is 0 Å². The maximum atomic E-state index is 6.62. The Hall–Kier alpha value is -3.54. The summed E-state index contributed by atoms with van der Waals surface area (Å²) in [6, 6.07) is 26.6. The Morgan fingerprint density at radius 3 is 2.45 bits per heavy atom. The SMILES string of the molecule is COc1ccc(CN2CC(Cc3ccccc3Cl)N=C(c3ccc(N4CCCC4)nc3)c3cc(Cl)ccc32)cc1. The van der Waals surface area contributed by atoms with Gasteiger partial charge in [0.25, 0.3) is 0 Å². The number of benzodiazepines with no additional fused rings is 1. The lowest BCUT2D eigenvalue weighted by atomic mass is 10.0. The molecule has 5 nitrogen and oxygen atoms in total. The molecule has 0 saturated carbocycles. The van der Waals surface area contributed by atoms with Gasteiger partial charge in [-0.2, -0.15) is 0 Å². The first-order valence-electron chi connectivity index (χ1n) is 13.8. The number of methoxy groups -OCH3 is 1. The van der Waals surface area contributed by atoms with E-state index in [1.807, 2.05) is 48.7 Å². The van der Waals surface area contributed by atoms with Crippen molar-refractivity contribution in [1.29, 1.82) is 0 Å². The number of aliphatic imine (C=N–C) groups is 1. The van der Waals surface area contributed by atoms with Crippen molar-refractivity contribution in [3.63, 3.8) is 0 Å². The molecular formula is C33H32Cl2N4O. The Morgan fingerprint density at radius 2 is 1.73 bits per heavy atom. The lowest BCUT2D eigenvalue weighted by Gasteiger charge is -2.28. The number of ether oxygens (including phenoxy) is 1. The summed E-state index contributed by atoms with van der Waals surface area (Å²) < 4.78 is 5.38. The van der Waals surface area contributed by atoms with Crippen molar-refractivity contribution in [2.45, 2.75) is 31.8 Å². The van der Waals surface area contributed by atoms with E-state index in [4.69, 9.17) is 37.9 Å². The van der Waals surface area contributed by atoms with Crippen molar-refractivity contribution in [2.24, 2.45) is 4.99 Å². The largest absolute Gasteiger partial charge is 0.497 e. The summed E-state index contributed by atoms with van der Waals surface area (Å²) in [6.45, 7) is 3.58. The van der Waals surface area contributed by atoms with Crippen LogP contribution in [0.3, 0.4) is 0 Å². The van der Waals surface area contributed by atoms with Gasteiger partial charge in [-0.3, -0.25) is 4.99 Å². The fourth-order valence-corrected chi connectivity index (χ4v) is 6.02. The number of nitrogens with zero attached hydrogens (tertiary/aromatic N) is 4. The number of anilines is 2. The fraction of sp³-hybridized carbons (Fsp3) is 0.273. The van der Waals surface area contributed by atoms with Crippen LogP contribution < -0.4 is 14.5 Å². The van der Waals surface area contributed by atoms with Crippen LogP contribution in [0.15, 0.2) is 90.1 Å². The zero-order valence-corrected chi connectivity index (χ0v) is 24.1. The second-order valence-electron chi connectivity index (χ2n) is 10.4. The van der Waals surface area contributed by atoms with Crippen LogP contribution in [-0.2, 0) is 13.0 Å². The smallest absolute Gasteiger partial charge is 0.128 e. The summed E-state index contributed by atoms with van der Waals surface area (Å²) in [5, 5.41) is 1.45. The number of pyridine rings is 1. The van der Waals surface area contributed by atoms with E-state index in [9.17, 15) is 0 Å². The van der Waals surface area contributed by atoms with Crippen molar-refractivity contribution in [2.75, 3.05) is 36.5 Å². The molecule has 3 aromatic carbocycles. The lowest BCUT2D eigenvalue weighted by Crippen LogP contribution is -2.31. The molecule has 0 N–H and O–H groups in total. The Balaban J connectivity index is 1.41. The van der Waals surface area contributed by atoms with E-state index in [1.165, 1.54) is 18.4 Å².